The van der Waals surface area contributed by atoms with Crippen LogP contribution in [-0.2, 0) is 9.59 Å². The molecule has 1 aliphatic carbocycles. The number of hydrogen-bond acceptors (Lipinski definition) is 12. The van der Waals surface area contributed by atoms with Gasteiger partial charge in [0.15, 0.2) is 5.78 Å². The number of amides is 1. The van der Waals surface area contributed by atoms with Gasteiger partial charge in [0.1, 0.15) is 10.0 Å². The maximum Gasteiger partial charge on any atom is 0.256 e. The molecule has 0 atom stereocenters. The maximum absolute atomic E-state index is 13.5. The van der Waals surface area contributed by atoms with Crippen LogP contribution < -0.4 is 5.32 Å². The first-order chi connectivity index (χ1) is 24.6. The maximum atomic E-state index is 13.5. The second kappa shape index (κ2) is 12.4. The molecule has 2 aliphatic rings. The van der Waals surface area contributed by atoms with Crippen LogP contribution in [0.3, 0.4) is 0 Å². The van der Waals surface area contributed by atoms with E-state index in [1.54, 1.807) is 80.4 Å². The number of rotatable bonds is 8. The summed E-state index contributed by atoms with van der Waals surface area (Å²) in [6.07, 6.45) is 3.76. The number of nitrogens with zero attached hydrogens (tertiary/aromatic N) is 2. The molecule has 13 heteroatoms. The zero-order chi connectivity index (χ0) is 33.3. The number of Topliss-reactive ketones (excluding diaryl/α,β-unsaturated/α-hetero) is 1. The standard InChI is InChI=1S/C37H19N3O2S8/c41-19-15-18(30-16-38-36(49-30)28-11-9-26(47-28)24-7-5-22(45-24)20-3-1-13-43-20)32-33(19)34(40-35(32)42)31-17-39-37(50-31)29-12-10-27(48-29)25-8-6-23(46-25)21-4-2-14-44-21/h1-14,16-17H,15H2,(H,40,42). The molecule has 0 saturated heterocycles. The number of ketones is 1. The number of thiophene rings is 6. The SMILES string of the molecule is O=C1CC(c2cnc(-c3ccc(-c4ccc(-c5cccs5)s4)s3)s2)=C2C(=O)NC(c3cnc(-c4ccc(-c5ccc(-c6cccs6)s5)s4)s3)=C12. The molecular formula is C37H19N3O2S8. The molecule has 1 aliphatic heterocycles. The summed E-state index contributed by atoms with van der Waals surface area (Å²) in [6.45, 7) is 0. The number of nitrogens with one attached hydrogen (secondary N) is 1. The van der Waals surface area contributed by atoms with Crippen LogP contribution >= 0.6 is 90.7 Å². The molecule has 0 spiro atoms. The number of allylic oxidation sites excluding steroid dienone is 1. The highest BCUT2D eigenvalue weighted by molar-refractivity contribution is 7.29. The lowest BCUT2D eigenvalue weighted by atomic mass is 10.1. The van der Waals surface area contributed by atoms with Crippen LogP contribution in [0.15, 0.2) is 107 Å². The van der Waals surface area contributed by atoms with E-state index in [-0.39, 0.29) is 18.1 Å². The number of hydrogen-bond donors (Lipinski definition) is 1. The van der Waals surface area contributed by atoms with Crippen molar-refractivity contribution >= 4 is 114 Å². The Labute approximate surface area is 317 Å². The molecule has 8 aromatic heterocycles. The number of fused-ring (bicyclic) bond motifs is 1. The van der Waals surface area contributed by atoms with Crippen LogP contribution in [0.25, 0.3) is 70.1 Å². The molecule has 50 heavy (non-hydrogen) atoms. The quantitative estimate of drug-likeness (QED) is 0.166. The third kappa shape index (κ3) is 5.31. The third-order valence-electron chi connectivity index (χ3n) is 8.30. The van der Waals surface area contributed by atoms with Crippen molar-refractivity contribution in [3.05, 3.63) is 117 Å². The van der Waals surface area contributed by atoms with E-state index in [4.69, 9.17) is 9.97 Å². The summed E-state index contributed by atoms with van der Waals surface area (Å²) in [7, 11) is 0. The van der Waals surface area contributed by atoms with Gasteiger partial charge in [0.2, 0.25) is 0 Å². The molecule has 242 valence electrons. The largest absolute Gasteiger partial charge is 0.320 e. The monoisotopic (exact) mass is 793 g/mol. The van der Waals surface area contributed by atoms with Gasteiger partial charge in [0, 0.05) is 57.8 Å². The van der Waals surface area contributed by atoms with Crippen LogP contribution in [0, 0.1) is 0 Å². The van der Waals surface area contributed by atoms with Crippen LogP contribution in [0.1, 0.15) is 16.2 Å². The molecule has 9 heterocycles. The van der Waals surface area contributed by atoms with Gasteiger partial charge >= 0.3 is 0 Å². The zero-order valence-corrected chi connectivity index (χ0v) is 32.0. The smallest absolute Gasteiger partial charge is 0.256 e. The van der Waals surface area contributed by atoms with Crippen LogP contribution in [0.5, 0.6) is 0 Å². The lowest BCUT2D eigenvalue weighted by Crippen LogP contribution is -2.16. The summed E-state index contributed by atoms with van der Waals surface area (Å²) < 4.78 is 0. The van der Waals surface area contributed by atoms with Crippen molar-refractivity contribution in [2.24, 2.45) is 0 Å². The third-order valence-corrected chi connectivity index (χ3v) is 17.6. The predicted octanol–water partition coefficient (Wildman–Crippen LogP) is 12.2. The van der Waals surface area contributed by atoms with E-state index in [0.717, 1.165) is 35.1 Å². The highest BCUT2D eigenvalue weighted by Crippen LogP contribution is 2.48. The predicted molar refractivity (Wildman–Crippen MR) is 216 cm³/mol. The number of thiazole rings is 2. The Balaban J connectivity index is 0.913. The first-order valence-electron chi connectivity index (χ1n) is 15.3. The van der Waals surface area contributed by atoms with E-state index in [9.17, 15) is 9.59 Å². The second-order valence-corrected chi connectivity index (χ2v) is 19.6. The molecule has 0 bridgehead atoms. The van der Waals surface area contributed by atoms with E-state index in [2.05, 4.69) is 88.9 Å². The van der Waals surface area contributed by atoms with Crippen molar-refractivity contribution in [2.75, 3.05) is 0 Å². The van der Waals surface area contributed by atoms with Gasteiger partial charge < -0.3 is 5.32 Å². The molecular weight excluding hydrogens is 775 g/mol. The second-order valence-electron chi connectivity index (χ2n) is 11.3. The summed E-state index contributed by atoms with van der Waals surface area (Å²) in [5.41, 5.74) is 2.26. The van der Waals surface area contributed by atoms with Crippen LogP contribution in [-0.4, -0.2) is 21.7 Å². The highest BCUT2D eigenvalue weighted by Gasteiger charge is 2.41. The molecule has 0 radical (unpaired) electrons. The minimum atomic E-state index is -0.240. The Bertz CT molecular complexity index is 2470. The van der Waals surface area contributed by atoms with Crippen molar-refractivity contribution in [1.82, 2.24) is 15.3 Å². The Morgan fingerprint density at radius 3 is 1.46 bits per heavy atom. The minimum absolute atomic E-state index is 0.0523. The Hall–Kier alpha value is -3.92. The zero-order valence-electron chi connectivity index (χ0n) is 25.4. The van der Waals surface area contributed by atoms with E-state index in [1.807, 2.05) is 0 Å². The van der Waals surface area contributed by atoms with E-state index >= 15 is 0 Å². The Morgan fingerprint density at radius 2 is 0.940 bits per heavy atom. The highest BCUT2D eigenvalue weighted by atomic mass is 32.1. The van der Waals surface area contributed by atoms with Gasteiger partial charge in [-0.05, 0) is 77.0 Å². The van der Waals surface area contributed by atoms with Gasteiger partial charge in [-0.15, -0.1) is 90.7 Å². The minimum Gasteiger partial charge on any atom is -0.320 e. The average molecular weight is 794 g/mol. The van der Waals surface area contributed by atoms with Gasteiger partial charge in [-0.2, -0.15) is 0 Å². The molecule has 8 aromatic rings. The lowest BCUT2D eigenvalue weighted by molar-refractivity contribution is -0.116. The number of carbonyl (C=O) groups is 2. The molecule has 0 aromatic carbocycles. The van der Waals surface area contributed by atoms with Crippen LogP contribution in [0.2, 0.25) is 0 Å². The van der Waals surface area contributed by atoms with Gasteiger partial charge in [0.05, 0.1) is 36.4 Å². The van der Waals surface area contributed by atoms with Crippen molar-refractivity contribution in [3.63, 3.8) is 0 Å². The van der Waals surface area contributed by atoms with Gasteiger partial charge in [-0.3, -0.25) is 9.59 Å². The first-order valence-corrected chi connectivity index (χ1v) is 21.9. The van der Waals surface area contributed by atoms with Crippen LogP contribution in [0.4, 0.5) is 0 Å². The molecule has 0 fully saturated rings. The topological polar surface area (TPSA) is 72.0 Å². The molecule has 5 nitrogen and oxygen atoms in total. The number of aromatic nitrogens is 2. The summed E-state index contributed by atoms with van der Waals surface area (Å²) in [5, 5.41) is 8.97. The molecule has 1 N–H and O–H groups in total. The van der Waals surface area contributed by atoms with Gasteiger partial charge in [-0.1, -0.05) is 12.1 Å². The van der Waals surface area contributed by atoms with E-state index in [1.165, 1.54) is 61.7 Å². The fraction of sp³-hybridized carbons (Fsp3) is 0.0270. The normalized spacial score (nSPS) is 14.4. The van der Waals surface area contributed by atoms with E-state index < -0.39 is 0 Å². The van der Waals surface area contributed by atoms with Crippen molar-refractivity contribution in [1.29, 1.82) is 0 Å². The average Bonchev–Trinajstić information content (AvgIpc) is 3.99. The Kier molecular flexibility index (Phi) is 7.65. The molecule has 10 rings (SSSR count). The lowest BCUT2D eigenvalue weighted by Gasteiger charge is -2.01. The Morgan fingerprint density at radius 1 is 0.480 bits per heavy atom. The molecule has 1 amide bonds. The summed E-state index contributed by atoms with van der Waals surface area (Å²) in [6, 6.07) is 25.7. The van der Waals surface area contributed by atoms with Crippen molar-refractivity contribution in [2.45, 2.75) is 6.42 Å². The summed E-state index contributed by atoms with van der Waals surface area (Å²) in [4.78, 5) is 50.1. The summed E-state index contributed by atoms with van der Waals surface area (Å²) in [5.74, 6) is -0.292. The van der Waals surface area contributed by atoms with Crippen molar-refractivity contribution < 1.29 is 9.59 Å². The fourth-order valence-corrected chi connectivity index (χ4v) is 13.9. The van der Waals surface area contributed by atoms with Gasteiger partial charge in [0.25, 0.3) is 5.91 Å². The van der Waals surface area contributed by atoms with Gasteiger partial charge in [-0.25, -0.2) is 9.97 Å². The molecule has 0 saturated carbocycles. The van der Waals surface area contributed by atoms with E-state index in [0.29, 0.717) is 16.8 Å². The summed E-state index contributed by atoms with van der Waals surface area (Å²) >= 11 is 13.5. The first kappa shape index (κ1) is 30.9. The fourth-order valence-electron chi connectivity index (χ4n) is 6.02. The van der Waals surface area contributed by atoms with Crippen molar-refractivity contribution in [3.8, 4) is 58.8 Å². The molecule has 0 unspecified atom stereocenters. The number of carbonyl (C=O) groups excluding carboxylic acids is 2.